The van der Waals surface area contributed by atoms with Crippen molar-refractivity contribution >= 4 is 23.0 Å². The van der Waals surface area contributed by atoms with Gasteiger partial charge in [-0.15, -0.1) is 0 Å². The van der Waals surface area contributed by atoms with Crippen molar-refractivity contribution in [2.45, 2.75) is 38.5 Å². The van der Waals surface area contributed by atoms with Crippen LogP contribution in [0.3, 0.4) is 0 Å². The third kappa shape index (κ3) is 2.94. The number of aryl methyl sites for hydroxylation is 1. The molecule has 2 N–H and O–H groups in total. The normalized spacial score (nSPS) is 19.4. The highest BCUT2D eigenvalue weighted by molar-refractivity contribution is 6.06. The van der Waals surface area contributed by atoms with Gasteiger partial charge in [0.15, 0.2) is 0 Å². The van der Waals surface area contributed by atoms with Gasteiger partial charge in [-0.3, -0.25) is 9.59 Å². The maximum Gasteiger partial charge on any atom is 0.311 e. The number of rotatable bonds is 5. The molecule has 1 aliphatic carbocycles. The van der Waals surface area contributed by atoms with Crippen molar-refractivity contribution in [3.8, 4) is 0 Å². The van der Waals surface area contributed by atoms with Crippen LogP contribution in [0.2, 0.25) is 0 Å². The predicted molar refractivity (Wildman–Crippen MR) is 91.0 cm³/mol. The molecule has 0 spiro atoms. The van der Waals surface area contributed by atoms with Crippen molar-refractivity contribution in [2.75, 3.05) is 19.8 Å². The van der Waals surface area contributed by atoms with E-state index in [9.17, 15) is 14.7 Å². The number of carbonyl (C=O) groups is 2. The zero-order chi connectivity index (χ0) is 18.3. The Balaban J connectivity index is 1.61. The summed E-state index contributed by atoms with van der Waals surface area (Å²) in [5.41, 5.74) is 1.25. The molecule has 8 heteroatoms. The lowest BCUT2D eigenvalue weighted by atomic mass is 9.80. The number of carboxylic acid groups (broad SMARTS) is 1. The van der Waals surface area contributed by atoms with Crippen LogP contribution in [-0.2, 0) is 9.53 Å². The third-order valence-electron chi connectivity index (χ3n) is 5.37. The highest BCUT2D eigenvalue weighted by Crippen LogP contribution is 2.40. The first kappa shape index (κ1) is 17.0. The Morgan fingerprint density at radius 2 is 2.08 bits per heavy atom. The molecule has 3 heterocycles. The lowest BCUT2D eigenvalue weighted by Gasteiger charge is -2.33. The van der Waals surface area contributed by atoms with Gasteiger partial charge in [-0.1, -0.05) is 5.16 Å². The van der Waals surface area contributed by atoms with E-state index in [-0.39, 0.29) is 12.5 Å². The average Bonchev–Trinajstić information content (AvgIpc) is 3.43. The van der Waals surface area contributed by atoms with Gasteiger partial charge in [-0.25, -0.2) is 4.98 Å². The first-order valence-corrected chi connectivity index (χ1v) is 8.86. The summed E-state index contributed by atoms with van der Waals surface area (Å²) in [5.74, 6) is -0.865. The van der Waals surface area contributed by atoms with Crippen molar-refractivity contribution in [3.05, 3.63) is 23.0 Å². The van der Waals surface area contributed by atoms with Crippen LogP contribution in [0.1, 0.15) is 53.3 Å². The van der Waals surface area contributed by atoms with Gasteiger partial charge >= 0.3 is 5.97 Å². The molecule has 1 aliphatic heterocycles. The molecular formula is C18H21N3O5. The molecule has 0 radical (unpaired) electrons. The molecule has 8 nitrogen and oxygen atoms in total. The van der Waals surface area contributed by atoms with E-state index < -0.39 is 11.4 Å². The van der Waals surface area contributed by atoms with Gasteiger partial charge in [0.1, 0.15) is 0 Å². The third-order valence-corrected chi connectivity index (χ3v) is 5.37. The van der Waals surface area contributed by atoms with Gasteiger partial charge < -0.3 is 19.7 Å². The summed E-state index contributed by atoms with van der Waals surface area (Å²) in [6, 6.07) is 1.79. The maximum absolute atomic E-state index is 12.9. The van der Waals surface area contributed by atoms with E-state index in [1.165, 1.54) is 0 Å². The van der Waals surface area contributed by atoms with E-state index in [0.29, 0.717) is 54.3 Å². The molecular weight excluding hydrogens is 338 g/mol. The molecule has 2 aromatic rings. The Labute approximate surface area is 149 Å². The second-order valence-electron chi connectivity index (χ2n) is 7.20. The number of pyridine rings is 1. The topological polar surface area (TPSA) is 115 Å². The molecule has 0 unspecified atom stereocenters. The number of nitrogens with zero attached hydrogens (tertiary/aromatic N) is 2. The van der Waals surface area contributed by atoms with Crippen LogP contribution in [0, 0.1) is 12.3 Å². The SMILES string of the molecule is Cc1noc2nc(C3CC3)cc(C(=O)NCC3(C(=O)O)CCOCC3)c12. The van der Waals surface area contributed by atoms with Crippen molar-refractivity contribution < 1.29 is 24.0 Å². The van der Waals surface area contributed by atoms with Crippen LogP contribution in [0.15, 0.2) is 10.6 Å². The molecule has 2 fully saturated rings. The highest BCUT2D eigenvalue weighted by Gasteiger charge is 2.40. The zero-order valence-electron chi connectivity index (χ0n) is 14.6. The van der Waals surface area contributed by atoms with Crippen molar-refractivity contribution in [1.82, 2.24) is 15.5 Å². The van der Waals surface area contributed by atoms with Crippen molar-refractivity contribution in [2.24, 2.45) is 5.41 Å². The van der Waals surface area contributed by atoms with Crippen LogP contribution >= 0.6 is 0 Å². The molecule has 26 heavy (non-hydrogen) atoms. The van der Waals surface area contributed by atoms with E-state index in [4.69, 9.17) is 9.26 Å². The summed E-state index contributed by atoms with van der Waals surface area (Å²) in [6.07, 6.45) is 2.87. The molecule has 2 aliphatic rings. The fourth-order valence-electron chi connectivity index (χ4n) is 3.45. The quantitative estimate of drug-likeness (QED) is 0.839. The fourth-order valence-corrected chi connectivity index (χ4v) is 3.45. The van der Waals surface area contributed by atoms with Crippen LogP contribution in [0.25, 0.3) is 11.1 Å². The highest BCUT2D eigenvalue weighted by atomic mass is 16.5. The monoisotopic (exact) mass is 359 g/mol. The van der Waals surface area contributed by atoms with Crippen LogP contribution < -0.4 is 5.32 Å². The summed E-state index contributed by atoms with van der Waals surface area (Å²) in [7, 11) is 0. The fraction of sp³-hybridized carbons (Fsp3) is 0.556. The maximum atomic E-state index is 12.9. The minimum absolute atomic E-state index is 0.0669. The summed E-state index contributed by atoms with van der Waals surface area (Å²) in [4.78, 5) is 29.1. The summed E-state index contributed by atoms with van der Waals surface area (Å²) in [6.45, 7) is 2.60. The largest absolute Gasteiger partial charge is 0.481 e. The number of carboxylic acids is 1. The van der Waals surface area contributed by atoms with E-state index in [2.05, 4.69) is 15.5 Å². The van der Waals surface area contributed by atoms with Crippen molar-refractivity contribution in [3.63, 3.8) is 0 Å². The summed E-state index contributed by atoms with van der Waals surface area (Å²) in [5, 5.41) is 17.0. The van der Waals surface area contributed by atoms with Crippen LogP contribution in [0.5, 0.6) is 0 Å². The molecule has 1 amide bonds. The minimum Gasteiger partial charge on any atom is -0.481 e. The molecule has 2 aromatic heterocycles. The second-order valence-corrected chi connectivity index (χ2v) is 7.20. The number of ether oxygens (including phenoxy) is 1. The van der Waals surface area contributed by atoms with E-state index in [0.717, 1.165) is 18.5 Å². The zero-order valence-corrected chi connectivity index (χ0v) is 14.6. The Hall–Kier alpha value is -2.48. The lowest BCUT2D eigenvalue weighted by molar-refractivity contribution is -0.154. The number of hydrogen-bond acceptors (Lipinski definition) is 6. The Morgan fingerprint density at radius 3 is 2.73 bits per heavy atom. The van der Waals surface area contributed by atoms with Crippen molar-refractivity contribution in [1.29, 1.82) is 0 Å². The number of carbonyl (C=O) groups excluding carboxylic acids is 1. The Kier molecular flexibility index (Phi) is 4.14. The van der Waals surface area contributed by atoms with Crippen LogP contribution in [0.4, 0.5) is 0 Å². The van der Waals surface area contributed by atoms with E-state index in [1.807, 2.05) is 0 Å². The minimum atomic E-state index is -0.983. The van der Waals surface area contributed by atoms with E-state index in [1.54, 1.807) is 13.0 Å². The van der Waals surface area contributed by atoms with Gasteiger partial charge in [-0.05, 0) is 38.7 Å². The number of aromatic nitrogens is 2. The first-order valence-electron chi connectivity index (χ1n) is 8.86. The summed E-state index contributed by atoms with van der Waals surface area (Å²) < 4.78 is 10.5. The number of hydrogen-bond donors (Lipinski definition) is 2. The number of aliphatic carboxylic acids is 1. The molecule has 1 saturated heterocycles. The van der Waals surface area contributed by atoms with Gasteiger partial charge in [0.25, 0.3) is 11.6 Å². The molecule has 0 atom stereocenters. The average molecular weight is 359 g/mol. The molecule has 0 aromatic carbocycles. The predicted octanol–water partition coefficient (Wildman–Crippen LogP) is 2.02. The molecule has 0 bridgehead atoms. The summed E-state index contributed by atoms with van der Waals surface area (Å²) >= 11 is 0. The number of nitrogens with one attached hydrogen (secondary N) is 1. The Bertz CT molecular complexity index is 865. The standard InChI is InChI=1S/C18H21N3O5/c1-10-14-12(8-13(11-2-3-11)20-16(14)26-21-10)15(22)19-9-18(17(23)24)4-6-25-7-5-18/h8,11H,2-7,9H2,1H3,(H,19,22)(H,23,24). The van der Waals surface area contributed by atoms with Gasteiger partial charge in [0.05, 0.1) is 22.1 Å². The van der Waals surface area contributed by atoms with Gasteiger partial charge in [-0.2, -0.15) is 0 Å². The molecule has 138 valence electrons. The van der Waals surface area contributed by atoms with E-state index >= 15 is 0 Å². The van der Waals surface area contributed by atoms with Crippen LogP contribution in [-0.4, -0.2) is 46.9 Å². The first-order chi connectivity index (χ1) is 12.5. The smallest absolute Gasteiger partial charge is 0.311 e. The van der Waals surface area contributed by atoms with Gasteiger partial charge in [0.2, 0.25) is 0 Å². The molecule has 1 saturated carbocycles. The van der Waals surface area contributed by atoms with Gasteiger partial charge in [0, 0.05) is 31.4 Å². The Morgan fingerprint density at radius 1 is 1.35 bits per heavy atom. The second kappa shape index (κ2) is 6.35. The number of fused-ring (bicyclic) bond motifs is 1. The lowest BCUT2D eigenvalue weighted by Crippen LogP contribution is -2.46. The molecule has 4 rings (SSSR count). The number of amides is 1.